The van der Waals surface area contributed by atoms with E-state index in [0.29, 0.717) is 19.8 Å². The Morgan fingerprint density at radius 2 is 1.38 bits per heavy atom. The molecule has 0 saturated carbocycles. The zero-order chi connectivity index (χ0) is 17.8. The van der Waals surface area contributed by atoms with Crippen LogP contribution in [0.2, 0.25) is 0 Å². The predicted octanol–water partition coefficient (Wildman–Crippen LogP) is 3.32. The topological polar surface area (TPSA) is 57.2 Å². The van der Waals surface area contributed by atoms with Crippen LogP contribution in [0, 0.1) is 0 Å². The van der Waals surface area contributed by atoms with Gasteiger partial charge >= 0.3 is 0 Å². The van der Waals surface area contributed by atoms with Gasteiger partial charge in [0.25, 0.3) is 0 Å². The minimum absolute atomic E-state index is 0.191. The van der Waals surface area contributed by atoms with Gasteiger partial charge in [-0.05, 0) is 26.2 Å². The molecule has 5 heteroatoms. The maximum absolute atomic E-state index is 10.5. The van der Waals surface area contributed by atoms with Crippen molar-refractivity contribution in [2.75, 3.05) is 26.4 Å². The molecular formula is C19H38O5. The molecule has 1 aliphatic rings. The number of rotatable bonds is 13. The molecule has 0 bridgehead atoms. The van der Waals surface area contributed by atoms with Crippen LogP contribution in [-0.2, 0) is 18.9 Å². The molecule has 24 heavy (non-hydrogen) atoms. The molecule has 5 atom stereocenters. The fourth-order valence-electron chi connectivity index (χ4n) is 2.81. The molecule has 1 heterocycles. The second kappa shape index (κ2) is 13.1. The third-order valence-electron chi connectivity index (χ3n) is 4.44. The van der Waals surface area contributed by atoms with Crippen molar-refractivity contribution < 1.29 is 24.1 Å². The molecule has 0 aromatic rings. The molecule has 0 amide bonds. The van der Waals surface area contributed by atoms with Gasteiger partial charge in [-0.3, -0.25) is 0 Å². The zero-order valence-electron chi connectivity index (χ0n) is 16.0. The molecule has 0 spiro atoms. The minimum Gasteiger partial charge on any atom is -0.388 e. The average Bonchev–Trinajstić information content (AvgIpc) is 2.58. The maximum Gasteiger partial charge on any atom is 0.115 e. The molecule has 1 N–H and O–H groups in total. The standard InChI is InChI=1S/C19H38O5/c1-5-8-11-21-14-16-18(22-12-9-6-2)19(23-13-10-7-3)17(20)15(4)24-16/h15-20H,5-14H2,1-4H3/t15-,16-,17+,18-,19-/m1/s1. The van der Waals surface area contributed by atoms with E-state index in [9.17, 15) is 5.11 Å². The summed E-state index contributed by atoms with van der Waals surface area (Å²) in [5.74, 6) is 0. The molecule has 0 unspecified atom stereocenters. The van der Waals surface area contributed by atoms with E-state index in [2.05, 4.69) is 20.8 Å². The Bertz CT molecular complexity index is 299. The highest BCUT2D eigenvalue weighted by atomic mass is 16.6. The van der Waals surface area contributed by atoms with E-state index in [1.807, 2.05) is 6.92 Å². The third kappa shape index (κ3) is 7.36. The Morgan fingerprint density at radius 3 is 1.96 bits per heavy atom. The maximum atomic E-state index is 10.5. The SMILES string of the molecule is CCCCOC[C@H]1O[C@H](C)[C@H](O)[C@@H](OCCCC)[C@@H]1OCCCC. The second-order valence-electron chi connectivity index (χ2n) is 6.68. The van der Waals surface area contributed by atoms with E-state index in [4.69, 9.17) is 18.9 Å². The summed E-state index contributed by atoms with van der Waals surface area (Å²) in [7, 11) is 0. The monoisotopic (exact) mass is 346 g/mol. The molecular weight excluding hydrogens is 308 g/mol. The summed E-state index contributed by atoms with van der Waals surface area (Å²) in [5, 5.41) is 10.5. The van der Waals surface area contributed by atoms with Gasteiger partial charge in [0.2, 0.25) is 0 Å². The van der Waals surface area contributed by atoms with Gasteiger partial charge < -0.3 is 24.1 Å². The molecule has 0 aromatic carbocycles. The lowest BCUT2D eigenvalue weighted by Crippen LogP contribution is -2.60. The van der Waals surface area contributed by atoms with E-state index in [0.717, 1.165) is 45.1 Å². The highest BCUT2D eigenvalue weighted by molar-refractivity contribution is 4.93. The molecule has 144 valence electrons. The van der Waals surface area contributed by atoms with Crippen molar-refractivity contribution >= 4 is 0 Å². The van der Waals surface area contributed by atoms with Gasteiger partial charge in [-0.15, -0.1) is 0 Å². The quantitative estimate of drug-likeness (QED) is 0.519. The van der Waals surface area contributed by atoms with E-state index in [1.165, 1.54) is 0 Å². The molecule has 0 aliphatic carbocycles. The highest BCUT2D eigenvalue weighted by Crippen LogP contribution is 2.26. The first-order valence-electron chi connectivity index (χ1n) is 9.80. The van der Waals surface area contributed by atoms with Crippen LogP contribution in [-0.4, -0.2) is 62.1 Å². The van der Waals surface area contributed by atoms with E-state index < -0.39 is 6.10 Å². The van der Waals surface area contributed by atoms with Crippen molar-refractivity contribution in [2.24, 2.45) is 0 Å². The van der Waals surface area contributed by atoms with Gasteiger partial charge in [0.15, 0.2) is 0 Å². The van der Waals surface area contributed by atoms with Crippen molar-refractivity contribution in [3.63, 3.8) is 0 Å². The molecule has 5 nitrogen and oxygen atoms in total. The molecule has 1 rings (SSSR count). The Labute approximate surface area is 148 Å². The van der Waals surface area contributed by atoms with Crippen molar-refractivity contribution in [3.05, 3.63) is 0 Å². The summed E-state index contributed by atoms with van der Waals surface area (Å²) in [4.78, 5) is 0. The van der Waals surface area contributed by atoms with Crippen LogP contribution >= 0.6 is 0 Å². The predicted molar refractivity (Wildman–Crippen MR) is 95.4 cm³/mol. The third-order valence-corrected chi connectivity index (χ3v) is 4.44. The van der Waals surface area contributed by atoms with Gasteiger partial charge in [0, 0.05) is 19.8 Å². The van der Waals surface area contributed by atoms with Gasteiger partial charge in [0.1, 0.15) is 24.4 Å². The van der Waals surface area contributed by atoms with Crippen molar-refractivity contribution in [1.82, 2.24) is 0 Å². The molecule has 1 fully saturated rings. The Hall–Kier alpha value is -0.200. The average molecular weight is 347 g/mol. The van der Waals surface area contributed by atoms with Crippen LogP contribution in [0.15, 0.2) is 0 Å². The lowest BCUT2D eigenvalue weighted by atomic mass is 9.95. The van der Waals surface area contributed by atoms with Crippen LogP contribution < -0.4 is 0 Å². The van der Waals surface area contributed by atoms with E-state index in [1.54, 1.807) is 0 Å². The van der Waals surface area contributed by atoms with Crippen molar-refractivity contribution in [2.45, 2.75) is 96.7 Å². The normalized spacial score (nSPS) is 30.6. The molecule has 1 saturated heterocycles. The van der Waals surface area contributed by atoms with E-state index in [-0.39, 0.29) is 24.4 Å². The largest absolute Gasteiger partial charge is 0.388 e. The fraction of sp³-hybridized carbons (Fsp3) is 1.00. The number of aliphatic hydroxyl groups is 1. The van der Waals surface area contributed by atoms with Gasteiger partial charge in [0.05, 0.1) is 12.7 Å². The summed E-state index contributed by atoms with van der Waals surface area (Å²) in [5.41, 5.74) is 0. The lowest BCUT2D eigenvalue weighted by Gasteiger charge is -2.43. The summed E-state index contributed by atoms with van der Waals surface area (Å²) in [6.07, 6.45) is 4.52. The van der Waals surface area contributed by atoms with Gasteiger partial charge in [-0.1, -0.05) is 40.0 Å². The minimum atomic E-state index is -0.666. The number of hydrogen-bond donors (Lipinski definition) is 1. The van der Waals surface area contributed by atoms with Gasteiger partial charge in [-0.25, -0.2) is 0 Å². The number of unbranched alkanes of at least 4 members (excludes halogenated alkanes) is 3. The zero-order valence-corrected chi connectivity index (χ0v) is 16.0. The van der Waals surface area contributed by atoms with Crippen LogP contribution in [0.4, 0.5) is 0 Å². The van der Waals surface area contributed by atoms with Crippen LogP contribution in [0.3, 0.4) is 0 Å². The summed E-state index contributed by atoms with van der Waals surface area (Å²) in [6.45, 7) is 10.8. The summed E-state index contributed by atoms with van der Waals surface area (Å²) in [6, 6.07) is 0. The number of hydrogen-bond acceptors (Lipinski definition) is 5. The summed E-state index contributed by atoms with van der Waals surface area (Å²) >= 11 is 0. The highest BCUT2D eigenvalue weighted by Gasteiger charge is 2.45. The summed E-state index contributed by atoms with van der Waals surface area (Å²) < 4.78 is 23.8. The van der Waals surface area contributed by atoms with Crippen LogP contribution in [0.5, 0.6) is 0 Å². The van der Waals surface area contributed by atoms with Crippen LogP contribution in [0.1, 0.15) is 66.2 Å². The van der Waals surface area contributed by atoms with Crippen LogP contribution in [0.25, 0.3) is 0 Å². The lowest BCUT2D eigenvalue weighted by molar-refractivity contribution is -0.252. The van der Waals surface area contributed by atoms with Crippen molar-refractivity contribution in [3.8, 4) is 0 Å². The number of ether oxygens (including phenoxy) is 4. The van der Waals surface area contributed by atoms with Crippen molar-refractivity contribution in [1.29, 1.82) is 0 Å². The van der Waals surface area contributed by atoms with E-state index >= 15 is 0 Å². The fourth-order valence-corrected chi connectivity index (χ4v) is 2.81. The molecule has 1 aliphatic heterocycles. The first-order valence-corrected chi connectivity index (χ1v) is 9.80. The van der Waals surface area contributed by atoms with Gasteiger partial charge in [-0.2, -0.15) is 0 Å². The molecule has 0 radical (unpaired) electrons. The Balaban J connectivity index is 2.68. The first-order chi connectivity index (χ1) is 11.7. The first kappa shape index (κ1) is 21.8. The second-order valence-corrected chi connectivity index (χ2v) is 6.68. The number of aliphatic hydroxyl groups excluding tert-OH is 1. The Kier molecular flexibility index (Phi) is 11.9. The smallest absolute Gasteiger partial charge is 0.115 e. The Morgan fingerprint density at radius 1 is 0.833 bits per heavy atom. The molecule has 0 aromatic heterocycles.